The van der Waals surface area contributed by atoms with Gasteiger partial charge in [0.25, 0.3) is 5.91 Å². The molecule has 0 aromatic carbocycles. The fourth-order valence-corrected chi connectivity index (χ4v) is 3.59. The summed E-state index contributed by atoms with van der Waals surface area (Å²) in [5, 5.41) is 11.8. The van der Waals surface area contributed by atoms with Crippen molar-refractivity contribution in [2.45, 2.75) is 32.7 Å². The van der Waals surface area contributed by atoms with E-state index in [4.69, 9.17) is 0 Å². The van der Waals surface area contributed by atoms with Crippen LogP contribution in [0.15, 0.2) is 24.5 Å². The van der Waals surface area contributed by atoms with Crippen LogP contribution in [0, 0.1) is 13.8 Å². The number of piperidine rings is 1. The summed E-state index contributed by atoms with van der Waals surface area (Å²) in [5.41, 5.74) is 3.46. The van der Waals surface area contributed by atoms with Crippen LogP contribution in [0.1, 0.15) is 34.7 Å². The highest BCUT2D eigenvalue weighted by Crippen LogP contribution is 2.23. The summed E-state index contributed by atoms with van der Waals surface area (Å²) in [6.07, 6.45) is 5.43. The zero-order valence-electron chi connectivity index (χ0n) is 15.3. The third kappa shape index (κ3) is 3.02. The quantitative estimate of drug-likeness (QED) is 0.771. The number of anilines is 1. The molecule has 4 rings (SSSR count). The smallest absolute Gasteiger partial charge is 0.269 e. The Labute approximate surface area is 151 Å². The molecule has 0 radical (unpaired) electrons. The lowest BCUT2D eigenvalue weighted by Crippen LogP contribution is -2.45. The Hall–Kier alpha value is -2.90. The highest BCUT2D eigenvalue weighted by molar-refractivity contribution is 5.92. The number of hydrogen-bond donors (Lipinski definition) is 1. The molecule has 1 aliphatic rings. The number of hydrogen-bond acceptors (Lipinski definition) is 5. The number of nitrogens with one attached hydrogen (secondary N) is 1. The van der Waals surface area contributed by atoms with E-state index in [1.54, 1.807) is 17.9 Å². The van der Waals surface area contributed by atoms with E-state index in [1.807, 2.05) is 30.6 Å². The van der Waals surface area contributed by atoms with Gasteiger partial charge in [-0.2, -0.15) is 10.2 Å². The Morgan fingerprint density at radius 2 is 1.88 bits per heavy atom. The first-order chi connectivity index (χ1) is 12.5. The van der Waals surface area contributed by atoms with E-state index in [0.29, 0.717) is 5.69 Å². The van der Waals surface area contributed by atoms with Gasteiger partial charge in [-0.25, -0.2) is 9.50 Å². The minimum absolute atomic E-state index is 0.0572. The second-order valence-electron chi connectivity index (χ2n) is 6.90. The average molecular weight is 353 g/mol. The van der Waals surface area contributed by atoms with Crippen LogP contribution >= 0.6 is 0 Å². The van der Waals surface area contributed by atoms with E-state index < -0.39 is 0 Å². The number of fused-ring (bicyclic) bond motifs is 1. The van der Waals surface area contributed by atoms with Crippen LogP contribution in [0.4, 0.5) is 5.82 Å². The molecule has 26 heavy (non-hydrogen) atoms. The third-order valence-electron chi connectivity index (χ3n) is 4.86. The molecule has 0 bridgehead atoms. The molecule has 8 heteroatoms. The standard InChI is InChI=1S/C18H23N7O/c1-12-11-16(23(3)21-12)18(26)20-14-4-7-24(8-5-14)17-15-10-13(2)22-25(15)9-6-19-17/h6,9-11,14H,4-5,7-8H2,1-3H3,(H,20,26). The monoisotopic (exact) mass is 353 g/mol. The van der Waals surface area contributed by atoms with E-state index in [1.165, 1.54) is 0 Å². The van der Waals surface area contributed by atoms with Crippen molar-refractivity contribution < 1.29 is 4.79 Å². The maximum Gasteiger partial charge on any atom is 0.269 e. The molecule has 0 saturated carbocycles. The van der Waals surface area contributed by atoms with Gasteiger partial charge in [0.05, 0.1) is 11.4 Å². The molecule has 0 aliphatic carbocycles. The number of carbonyl (C=O) groups is 1. The Bertz CT molecular complexity index is 950. The lowest BCUT2D eigenvalue weighted by atomic mass is 10.0. The van der Waals surface area contributed by atoms with E-state index >= 15 is 0 Å². The van der Waals surface area contributed by atoms with Gasteiger partial charge in [-0.1, -0.05) is 0 Å². The summed E-state index contributed by atoms with van der Waals surface area (Å²) in [6, 6.07) is 4.04. The molecule has 136 valence electrons. The van der Waals surface area contributed by atoms with E-state index in [2.05, 4.69) is 31.5 Å². The van der Waals surface area contributed by atoms with Crippen molar-refractivity contribution in [3.63, 3.8) is 0 Å². The number of aryl methyl sites for hydroxylation is 3. The van der Waals surface area contributed by atoms with Gasteiger partial charge < -0.3 is 10.2 Å². The van der Waals surface area contributed by atoms with Gasteiger partial charge >= 0.3 is 0 Å². The molecule has 1 amide bonds. The summed E-state index contributed by atoms with van der Waals surface area (Å²) >= 11 is 0. The predicted octanol–water partition coefficient (Wildman–Crippen LogP) is 1.48. The van der Waals surface area contributed by atoms with E-state index in [0.717, 1.165) is 48.7 Å². The van der Waals surface area contributed by atoms with Crippen molar-refractivity contribution in [1.29, 1.82) is 0 Å². The molecule has 1 N–H and O–H groups in total. The maximum absolute atomic E-state index is 12.5. The summed E-state index contributed by atoms with van der Waals surface area (Å²) in [6.45, 7) is 5.58. The van der Waals surface area contributed by atoms with Gasteiger partial charge in [0, 0.05) is 38.6 Å². The molecule has 8 nitrogen and oxygen atoms in total. The first kappa shape index (κ1) is 16.6. The Balaban J connectivity index is 1.42. The molecule has 0 spiro atoms. The van der Waals surface area contributed by atoms with Crippen LogP contribution in [0.5, 0.6) is 0 Å². The maximum atomic E-state index is 12.5. The molecular formula is C18H23N7O. The molecule has 4 heterocycles. The normalized spacial score (nSPS) is 15.6. The molecule has 1 saturated heterocycles. The van der Waals surface area contributed by atoms with Crippen molar-refractivity contribution in [3.05, 3.63) is 41.6 Å². The second kappa shape index (κ2) is 6.44. The molecule has 0 atom stereocenters. The first-order valence-corrected chi connectivity index (χ1v) is 8.89. The summed E-state index contributed by atoms with van der Waals surface area (Å²) in [5.74, 6) is 0.901. The van der Waals surface area contributed by atoms with E-state index in [9.17, 15) is 4.79 Å². The Morgan fingerprint density at radius 1 is 1.15 bits per heavy atom. The van der Waals surface area contributed by atoms with Crippen molar-refractivity contribution in [2.75, 3.05) is 18.0 Å². The first-order valence-electron chi connectivity index (χ1n) is 8.89. The van der Waals surface area contributed by atoms with Crippen molar-refractivity contribution >= 4 is 17.2 Å². The summed E-state index contributed by atoms with van der Waals surface area (Å²) in [4.78, 5) is 19.3. The zero-order chi connectivity index (χ0) is 18.3. The zero-order valence-corrected chi connectivity index (χ0v) is 15.3. The molecule has 0 unspecified atom stereocenters. The number of rotatable bonds is 3. The molecule has 3 aromatic heterocycles. The van der Waals surface area contributed by atoms with Gasteiger partial charge in [-0.15, -0.1) is 0 Å². The molecule has 1 aliphatic heterocycles. The van der Waals surface area contributed by atoms with Crippen molar-refractivity contribution in [1.82, 2.24) is 29.7 Å². The van der Waals surface area contributed by atoms with Gasteiger partial charge in [-0.3, -0.25) is 9.48 Å². The van der Waals surface area contributed by atoms with Gasteiger partial charge in [0.1, 0.15) is 11.2 Å². The number of nitrogens with zero attached hydrogens (tertiary/aromatic N) is 6. The Kier molecular flexibility index (Phi) is 4.10. The van der Waals surface area contributed by atoms with Crippen LogP contribution in [0.25, 0.3) is 5.52 Å². The lowest BCUT2D eigenvalue weighted by molar-refractivity contribution is 0.0921. The average Bonchev–Trinajstić information content (AvgIpc) is 3.16. The minimum atomic E-state index is -0.0572. The highest BCUT2D eigenvalue weighted by Gasteiger charge is 2.24. The van der Waals surface area contributed by atoms with Gasteiger partial charge in [0.2, 0.25) is 0 Å². The summed E-state index contributed by atoms with van der Waals surface area (Å²) < 4.78 is 3.50. The van der Waals surface area contributed by atoms with E-state index in [-0.39, 0.29) is 11.9 Å². The van der Waals surface area contributed by atoms with Crippen LogP contribution in [-0.2, 0) is 7.05 Å². The number of amides is 1. The largest absolute Gasteiger partial charge is 0.355 e. The number of carbonyl (C=O) groups excluding carboxylic acids is 1. The van der Waals surface area contributed by atoms with Crippen molar-refractivity contribution in [3.8, 4) is 0 Å². The highest BCUT2D eigenvalue weighted by atomic mass is 16.2. The van der Waals surface area contributed by atoms with Gasteiger partial charge in [0.15, 0.2) is 5.82 Å². The van der Waals surface area contributed by atoms with Crippen LogP contribution in [-0.4, -0.2) is 49.4 Å². The SMILES string of the molecule is Cc1cc(C(=O)NC2CCN(c3nccn4nc(C)cc34)CC2)n(C)n1. The minimum Gasteiger partial charge on any atom is -0.355 e. The third-order valence-corrected chi connectivity index (χ3v) is 4.86. The second-order valence-corrected chi connectivity index (χ2v) is 6.90. The fraction of sp³-hybridized carbons (Fsp3) is 0.444. The topological polar surface area (TPSA) is 80.4 Å². The van der Waals surface area contributed by atoms with Crippen molar-refractivity contribution in [2.24, 2.45) is 7.05 Å². The predicted molar refractivity (Wildman–Crippen MR) is 98.4 cm³/mol. The summed E-state index contributed by atoms with van der Waals surface area (Å²) in [7, 11) is 1.80. The molecular weight excluding hydrogens is 330 g/mol. The number of aromatic nitrogens is 5. The molecule has 3 aromatic rings. The van der Waals surface area contributed by atoms with Gasteiger partial charge in [-0.05, 0) is 38.8 Å². The fourth-order valence-electron chi connectivity index (χ4n) is 3.59. The Morgan fingerprint density at radius 3 is 2.58 bits per heavy atom. The van der Waals surface area contributed by atoms with Crippen LogP contribution in [0.2, 0.25) is 0 Å². The van der Waals surface area contributed by atoms with Crippen LogP contribution < -0.4 is 10.2 Å². The van der Waals surface area contributed by atoms with Crippen LogP contribution in [0.3, 0.4) is 0 Å². The molecule has 1 fully saturated rings. The lowest BCUT2D eigenvalue weighted by Gasteiger charge is -2.33.